The average molecular weight is 350 g/mol. The zero-order chi connectivity index (χ0) is 16.9. The summed E-state index contributed by atoms with van der Waals surface area (Å²) in [5.74, 6) is -1.97. The summed E-state index contributed by atoms with van der Waals surface area (Å²) in [4.78, 5) is 19.3. The van der Waals surface area contributed by atoms with Gasteiger partial charge in [0.05, 0.1) is 19.4 Å². The summed E-state index contributed by atoms with van der Waals surface area (Å²) >= 11 is 0. The van der Waals surface area contributed by atoms with Gasteiger partial charge >= 0.3 is 41.5 Å². The summed E-state index contributed by atoms with van der Waals surface area (Å²) in [5.41, 5.74) is 0. The molecule has 2 N–H and O–H groups in total. The Morgan fingerprint density at radius 3 is 1.86 bits per heavy atom. The van der Waals surface area contributed by atoms with E-state index in [-0.39, 0.29) is 54.9 Å². The van der Waals surface area contributed by atoms with Gasteiger partial charge in [-0.15, -0.1) is 0 Å². The quantitative estimate of drug-likeness (QED) is 0.279. The van der Waals surface area contributed by atoms with Gasteiger partial charge in [0.25, 0.3) is 0 Å². The first-order valence-electron chi connectivity index (χ1n) is 6.66. The second kappa shape index (κ2) is 15.7. The zero-order valence-corrected chi connectivity index (χ0v) is 16.1. The third-order valence-corrected chi connectivity index (χ3v) is 2.97. The third-order valence-electron chi connectivity index (χ3n) is 2.54. The predicted octanol–water partition coefficient (Wildman–Crippen LogP) is -1.38. The Bertz CT molecular complexity index is 382. The van der Waals surface area contributed by atoms with Gasteiger partial charge in [-0.3, -0.25) is 13.8 Å². The molecule has 0 heterocycles. The van der Waals surface area contributed by atoms with Crippen LogP contribution in [0.2, 0.25) is 0 Å². The van der Waals surface area contributed by atoms with Crippen molar-refractivity contribution >= 4 is 22.3 Å². The number of carbonyl (C=O) groups is 2. The fourth-order valence-electron chi connectivity index (χ4n) is 1.29. The van der Waals surface area contributed by atoms with E-state index >= 15 is 0 Å². The van der Waals surface area contributed by atoms with Crippen LogP contribution in [0, 0.1) is 5.92 Å². The molecule has 126 valence electrons. The first-order chi connectivity index (χ1) is 9.62. The smallest absolute Gasteiger partial charge is 0.726 e. The van der Waals surface area contributed by atoms with Crippen LogP contribution in [-0.4, -0.2) is 41.7 Å². The maximum Gasteiger partial charge on any atom is 1.00 e. The summed E-state index contributed by atoms with van der Waals surface area (Å²) < 4.78 is 34.6. The average Bonchev–Trinajstić information content (AvgIpc) is 2.36. The van der Waals surface area contributed by atoms with Crippen molar-refractivity contribution in [3.8, 4) is 0 Å². The molecule has 22 heavy (non-hydrogen) atoms. The number of aliphatic carboxylic acids is 2. The van der Waals surface area contributed by atoms with Gasteiger partial charge in [0.1, 0.15) is 0 Å². The second-order valence-electron chi connectivity index (χ2n) is 4.40. The van der Waals surface area contributed by atoms with E-state index in [1.807, 2.05) is 6.92 Å². The Hall–Kier alpha value is -0.190. The molecule has 0 aromatic carbocycles. The molecule has 0 aromatic heterocycles. The van der Waals surface area contributed by atoms with Gasteiger partial charge < -0.3 is 14.8 Å². The van der Waals surface area contributed by atoms with E-state index in [0.29, 0.717) is 0 Å². The molecule has 0 bridgehead atoms. The van der Waals surface area contributed by atoms with Crippen molar-refractivity contribution < 1.29 is 66.5 Å². The van der Waals surface area contributed by atoms with Crippen LogP contribution in [0.3, 0.4) is 0 Å². The van der Waals surface area contributed by atoms with Crippen molar-refractivity contribution in [3.05, 3.63) is 0 Å². The Morgan fingerprint density at radius 1 is 1.14 bits per heavy atom. The summed E-state index contributed by atoms with van der Waals surface area (Å²) in [6.07, 6.45) is 3.28. The van der Waals surface area contributed by atoms with E-state index in [2.05, 4.69) is 11.1 Å². The third kappa shape index (κ3) is 24.8. The molecule has 10 heteroatoms. The monoisotopic (exact) mass is 350 g/mol. The first-order valence-corrected chi connectivity index (χ1v) is 7.99. The van der Waals surface area contributed by atoms with Crippen molar-refractivity contribution in [2.45, 2.75) is 52.4 Å². The van der Waals surface area contributed by atoms with Crippen LogP contribution < -0.4 is 29.6 Å². The predicted molar refractivity (Wildman–Crippen MR) is 73.5 cm³/mol. The van der Waals surface area contributed by atoms with Crippen LogP contribution >= 0.6 is 0 Å². The minimum Gasteiger partial charge on any atom is -0.726 e. The Labute approximate surface area is 153 Å². The number of unbranched alkanes of at least 4 members (excludes halogenated alkanes) is 1. The standard InChI is InChI=1S/C8H18O4S.C4H6O4.Na/c1-3-5-6-8(4-2)7-12-13(9,10)11;5-3(6)1-2-4(7)8;/h8H,3-7H2,1-2H3,(H,9,10,11);1-2H2,(H,5,6)(H,7,8);/q;;+1/p-1. The van der Waals surface area contributed by atoms with Gasteiger partial charge in [0.15, 0.2) is 0 Å². The van der Waals surface area contributed by atoms with Crippen molar-refractivity contribution in [3.63, 3.8) is 0 Å². The number of rotatable bonds is 10. The van der Waals surface area contributed by atoms with Gasteiger partial charge in [-0.25, -0.2) is 8.42 Å². The largest absolute Gasteiger partial charge is 1.00 e. The van der Waals surface area contributed by atoms with Crippen molar-refractivity contribution in [2.75, 3.05) is 6.61 Å². The molecule has 0 rings (SSSR count). The fourth-order valence-corrected chi connectivity index (χ4v) is 1.65. The van der Waals surface area contributed by atoms with Crippen molar-refractivity contribution in [2.24, 2.45) is 5.92 Å². The maximum absolute atomic E-state index is 10.1. The fraction of sp³-hybridized carbons (Fsp3) is 0.833. The SMILES string of the molecule is CCCCC(CC)COS(=O)(=O)[O-].O=C(O)CCC(=O)O.[Na+]. The molecule has 0 amide bonds. The van der Waals surface area contributed by atoms with E-state index in [1.165, 1.54) is 0 Å². The normalized spacial score (nSPS) is 11.6. The summed E-state index contributed by atoms with van der Waals surface area (Å²) in [6, 6.07) is 0. The molecule has 8 nitrogen and oxygen atoms in total. The number of carboxylic acids is 2. The molecule has 1 atom stereocenters. The molecular weight excluding hydrogens is 327 g/mol. The molecule has 0 aromatic rings. The van der Waals surface area contributed by atoms with Crippen molar-refractivity contribution in [1.29, 1.82) is 0 Å². The van der Waals surface area contributed by atoms with E-state index in [9.17, 15) is 22.6 Å². The van der Waals surface area contributed by atoms with Crippen LogP contribution in [0.1, 0.15) is 52.4 Å². The Balaban J connectivity index is -0.000000348. The molecule has 0 saturated heterocycles. The molecule has 0 aliphatic rings. The van der Waals surface area contributed by atoms with Crippen LogP contribution in [0.25, 0.3) is 0 Å². The molecule has 0 aliphatic heterocycles. The van der Waals surface area contributed by atoms with Gasteiger partial charge in [0, 0.05) is 0 Å². The van der Waals surface area contributed by atoms with E-state index in [0.717, 1.165) is 25.7 Å². The Kier molecular flexibility index (Phi) is 19.0. The van der Waals surface area contributed by atoms with Crippen LogP contribution in [0.15, 0.2) is 0 Å². The van der Waals surface area contributed by atoms with E-state index in [4.69, 9.17) is 10.2 Å². The molecule has 0 spiro atoms. The molecule has 0 aliphatic carbocycles. The summed E-state index contributed by atoms with van der Waals surface area (Å²) in [5, 5.41) is 15.8. The molecule has 0 saturated carbocycles. The van der Waals surface area contributed by atoms with Gasteiger partial charge in [0.2, 0.25) is 10.4 Å². The summed E-state index contributed by atoms with van der Waals surface area (Å²) in [7, 11) is -4.50. The number of hydrogen-bond acceptors (Lipinski definition) is 6. The molecule has 0 radical (unpaired) electrons. The maximum atomic E-state index is 10.1. The van der Waals surface area contributed by atoms with Crippen LogP contribution in [-0.2, 0) is 24.2 Å². The van der Waals surface area contributed by atoms with E-state index in [1.54, 1.807) is 0 Å². The zero-order valence-electron chi connectivity index (χ0n) is 13.3. The van der Waals surface area contributed by atoms with Gasteiger partial charge in [-0.2, -0.15) is 0 Å². The van der Waals surface area contributed by atoms with Crippen molar-refractivity contribution in [1.82, 2.24) is 0 Å². The van der Waals surface area contributed by atoms with Crippen LogP contribution in [0.5, 0.6) is 0 Å². The summed E-state index contributed by atoms with van der Waals surface area (Å²) in [6.45, 7) is 4.06. The minimum atomic E-state index is -4.50. The number of carboxylic acid groups (broad SMARTS) is 2. The second-order valence-corrected chi connectivity index (χ2v) is 5.45. The molecular formula is C12H23NaO8S. The van der Waals surface area contributed by atoms with Gasteiger partial charge in [-0.05, 0) is 12.3 Å². The number of hydrogen-bond donors (Lipinski definition) is 2. The Morgan fingerprint density at radius 2 is 1.59 bits per heavy atom. The first kappa shape index (κ1) is 26.7. The topological polar surface area (TPSA) is 141 Å². The minimum absolute atomic E-state index is 0. The van der Waals surface area contributed by atoms with E-state index < -0.39 is 22.3 Å². The molecule has 1 unspecified atom stereocenters. The molecule has 0 fully saturated rings. The van der Waals surface area contributed by atoms with Crippen LogP contribution in [0.4, 0.5) is 0 Å². The van der Waals surface area contributed by atoms with Gasteiger partial charge in [-0.1, -0.05) is 33.1 Å².